The van der Waals surface area contributed by atoms with Crippen LogP contribution < -0.4 is 0 Å². The quantitative estimate of drug-likeness (QED) is 0.268. The molecule has 0 aliphatic heterocycles. The Balaban J connectivity index is 4.69. The number of carbonyl (C=O) groups excluding carboxylic acids is 4. The molecule has 0 fully saturated rings. The number of rotatable bonds is 9. The minimum Gasteiger partial charge on any atom is -0.462 e. The maximum Gasteiger partial charge on any atom is 0.705 e. The van der Waals surface area contributed by atoms with Crippen molar-refractivity contribution in [2.45, 2.75) is 46.6 Å². The highest BCUT2D eigenvalue weighted by Gasteiger charge is 2.51. The SMILES string of the molecule is C=C(C)C(=O)OCCCC[Si](OC(C)=O)(OC(C)=O)OC(C)=O. The Morgan fingerprint density at radius 2 is 1.26 bits per heavy atom. The summed E-state index contributed by atoms with van der Waals surface area (Å²) in [7, 11) is -3.79. The Kier molecular flexibility index (Phi) is 8.85. The highest BCUT2D eigenvalue weighted by atomic mass is 28.4. The predicted molar refractivity (Wildman–Crippen MR) is 80.9 cm³/mol. The Morgan fingerprint density at radius 1 is 0.826 bits per heavy atom. The molecule has 0 aromatic rings. The summed E-state index contributed by atoms with van der Waals surface area (Å²) in [4.78, 5) is 44.9. The van der Waals surface area contributed by atoms with E-state index in [9.17, 15) is 19.2 Å². The lowest BCUT2D eigenvalue weighted by Gasteiger charge is -2.26. The highest BCUT2D eigenvalue weighted by molar-refractivity contribution is 6.65. The monoisotopic (exact) mass is 346 g/mol. The molecule has 130 valence electrons. The molecule has 0 radical (unpaired) electrons. The second-order valence-electron chi connectivity index (χ2n) is 4.84. The van der Waals surface area contributed by atoms with Crippen LogP contribution in [0.25, 0.3) is 0 Å². The standard InChI is InChI=1S/C14H22O8Si/c1-10(2)14(18)19-8-6-7-9-23(20-11(3)15,21-12(4)16)22-13(5)17/h1,6-9H2,2-5H3. The number of hydrogen-bond donors (Lipinski definition) is 0. The largest absolute Gasteiger partial charge is 0.705 e. The molecule has 0 saturated heterocycles. The van der Waals surface area contributed by atoms with Crippen LogP contribution in [0.15, 0.2) is 12.2 Å². The van der Waals surface area contributed by atoms with Gasteiger partial charge in [0.1, 0.15) is 0 Å². The number of carbonyl (C=O) groups is 4. The second kappa shape index (κ2) is 9.77. The van der Waals surface area contributed by atoms with Gasteiger partial charge in [0.2, 0.25) is 0 Å². The maximum atomic E-state index is 11.2. The van der Waals surface area contributed by atoms with Crippen LogP contribution in [-0.2, 0) is 37.2 Å². The molecular formula is C14H22O8Si. The van der Waals surface area contributed by atoms with Crippen LogP contribution in [0, 0.1) is 0 Å². The van der Waals surface area contributed by atoms with Gasteiger partial charge in [-0.1, -0.05) is 6.58 Å². The van der Waals surface area contributed by atoms with Crippen molar-refractivity contribution in [3.8, 4) is 0 Å². The lowest BCUT2D eigenvalue weighted by atomic mass is 10.3. The lowest BCUT2D eigenvalue weighted by Crippen LogP contribution is -2.49. The van der Waals surface area contributed by atoms with Crippen molar-refractivity contribution in [2.24, 2.45) is 0 Å². The van der Waals surface area contributed by atoms with Gasteiger partial charge in [0, 0.05) is 26.3 Å². The van der Waals surface area contributed by atoms with Crippen molar-refractivity contribution in [2.75, 3.05) is 6.61 Å². The zero-order chi connectivity index (χ0) is 18.0. The predicted octanol–water partition coefficient (Wildman–Crippen LogP) is 1.51. The Bertz CT molecular complexity index is 444. The van der Waals surface area contributed by atoms with Gasteiger partial charge in [-0.3, -0.25) is 14.4 Å². The lowest BCUT2D eigenvalue weighted by molar-refractivity contribution is -0.147. The normalized spacial score (nSPS) is 10.4. The summed E-state index contributed by atoms with van der Waals surface area (Å²) in [6.07, 6.45) is 0.779. The molecule has 0 bridgehead atoms. The first-order chi connectivity index (χ1) is 10.6. The molecular weight excluding hydrogens is 324 g/mol. The van der Waals surface area contributed by atoms with Crippen molar-refractivity contribution in [1.29, 1.82) is 0 Å². The average molecular weight is 346 g/mol. The number of hydrogen-bond acceptors (Lipinski definition) is 8. The molecule has 0 spiro atoms. The summed E-state index contributed by atoms with van der Waals surface area (Å²) >= 11 is 0. The topological polar surface area (TPSA) is 105 Å². The van der Waals surface area contributed by atoms with Gasteiger partial charge in [-0.2, -0.15) is 0 Å². The van der Waals surface area contributed by atoms with Crippen LogP contribution in [0.5, 0.6) is 0 Å². The molecule has 23 heavy (non-hydrogen) atoms. The van der Waals surface area contributed by atoms with E-state index in [0.717, 1.165) is 20.8 Å². The Labute approximate surface area is 136 Å². The summed E-state index contributed by atoms with van der Waals surface area (Å²) in [6, 6.07) is 0.0519. The fraction of sp³-hybridized carbons (Fsp3) is 0.571. The molecule has 0 saturated carbocycles. The van der Waals surface area contributed by atoms with Gasteiger partial charge in [0.05, 0.1) is 12.7 Å². The van der Waals surface area contributed by atoms with Gasteiger partial charge in [0.15, 0.2) is 0 Å². The van der Waals surface area contributed by atoms with Gasteiger partial charge in [-0.25, -0.2) is 4.79 Å². The minimum atomic E-state index is -3.79. The van der Waals surface area contributed by atoms with Crippen LogP contribution in [0.3, 0.4) is 0 Å². The van der Waals surface area contributed by atoms with E-state index in [2.05, 4.69) is 6.58 Å². The van der Waals surface area contributed by atoms with Crippen molar-refractivity contribution in [3.05, 3.63) is 12.2 Å². The molecule has 0 heterocycles. The van der Waals surface area contributed by atoms with Crippen LogP contribution >= 0.6 is 0 Å². The van der Waals surface area contributed by atoms with Gasteiger partial charge < -0.3 is 18.0 Å². The molecule has 0 aromatic heterocycles. The molecule has 0 atom stereocenters. The maximum absolute atomic E-state index is 11.2. The summed E-state index contributed by atoms with van der Waals surface area (Å²) < 4.78 is 20.0. The van der Waals surface area contributed by atoms with E-state index in [4.69, 9.17) is 18.0 Å². The number of unbranched alkanes of at least 4 members (excludes halogenated alkanes) is 1. The molecule has 9 heteroatoms. The summed E-state index contributed by atoms with van der Waals surface area (Å²) in [6.45, 7) is 8.49. The summed E-state index contributed by atoms with van der Waals surface area (Å²) in [5.74, 6) is -2.65. The Morgan fingerprint density at radius 3 is 1.61 bits per heavy atom. The second-order valence-corrected chi connectivity index (χ2v) is 7.32. The Hall–Kier alpha value is -2.16. The first-order valence-electron chi connectivity index (χ1n) is 6.99. The number of ether oxygens (including phenoxy) is 1. The molecule has 8 nitrogen and oxygen atoms in total. The zero-order valence-electron chi connectivity index (χ0n) is 13.8. The average Bonchev–Trinajstić information content (AvgIpc) is 2.34. The third-order valence-electron chi connectivity index (χ3n) is 2.36. The first kappa shape index (κ1) is 20.8. The summed E-state index contributed by atoms with van der Waals surface area (Å²) in [5.41, 5.74) is 0.286. The van der Waals surface area contributed by atoms with Gasteiger partial charge in [-0.15, -0.1) is 0 Å². The van der Waals surface area contributed by atoms with Crippen LogP contribution in [0.1, 0.15) is 40.5 Å². The van der Waals surface area contributed by atoms with E-state index in [0.29, 0.717) is 12.8 Å². The van der Waals surface area contributed by atoms with Crippen LogP contribution in [0.4, 0.5) is 0 Å². The molecule has 0 aromatic carbocycles. The summed E-state index contributed by atoms with van der Waals surface area (Å²) in [5, 5.41) is 0. The van der Waals surface area contributed by atoms with Crippen molar-refractivity contribution >= 4 is 32.7 Å². The van der Waals surface area contributed by atoms with Crippen molar-refractivity contribution in [3.63, 3.8) is 0 Å². The first-order valence-corrected chi connectivity index (χ1v) is 8.92. The molecule has 0 N–H and O–H groups in total. The molecule has 0 rings (SSSR count). The van der Waals surface area contributed by atoms with E-state index < -0.39 is 32.7 Å². The molecule has 0 amide bonds. The molecule has 0 aliphatic carbocycles. The third kappa shape index (κ3) is 9.45. The van der Waals surface area contributed by atoms with Gasteiger partial charge in [0.25, 0.3) is 17.9 Å². The van der Waals surface area contributed by atoms with E-state index >= 15 is 0 Å². The molecule has 0 aliphatic rings. The van der Waals surface area contributed by atoms with Gasteiger partial charge >= 0.3 is 14.8 Å². The zero-order valence-corrected chi connectivity index (χ0v) is 14.8. The minimum absolute atomic E-state index is 0.0519. The van der Waals surface area contributed by atoms with E-state index in [1.807, 2.05) is 0 Å². The van der Waals surface area contributed by atoms with E-state index in [1.165, 1.54) is 6.92 Å². The number of esters is 1. The fourth-order valence-corrected chi connectivity index (χ4v) is 4.03. The smallest absolute Gasteiger partial charge is 0.462 e. The third-order valence-corrected chi connectivity index (χ3v) is 5.12. The van der Waals surface area contributed by atoms with Crippen molar-refractivity contribution in [1.82, 2.24) is 0 Å². The van der Waals surface area contributed by atoms with Crippen LogP contribution in [-0.4, -0.2) is 39.3 Å². The fourth-order valence-electron chi connectivity index (χ4n) is 1.60. The van der Waals surface area contributed by atoms with E-state index in [1.54, 1.807) is 0 Å². The van der Waals surface area contributed by atoms with Gasteiger partial charge in [-0.05, 0) is 19.8 Å². The van der Waals surface area contributed by atoms with Crippen LogP contribution in [0.2, 0.25) is 6.04 Å². The molecule has 0 unspecified atom stereocenters. The van der Waals surface area contributed by atoms with E-state index in [-0.39, 0.29) is 18.2 Å². The van der Waals surface area contributed by atoms with Crippen molar-refractivity contribution < 1.29 is 37.2 Å². The highest BCUT2D eigenvalue weighted by Crippen LogP contribution is 2.20.